The molecule has 5 aromatic rings. The molecule has 210 valence electrons. The van der Waals surface area contributed by atoms with E-state index in [0.717, 1.165) is 34.5 Å². The van der Waals surface area contributed by atoms with Gasteiger partial charge in [-0.1, -0.05) is 48.5 Å². The lowest BCUT2D eigenvalue weighted by molar-refractivity contribution is 0.0309. The summed E-state index contributed by atoms with van der Waals surface area (Å²) in [5.74, 6) is 1.64. The first-order chi connectivity index (χ1) is 19.9. The van der Waals surface area contributed by atoms with Crippen LogP contribution in [-0.4, -0.2) is 47.9 Å². The zero-order valence-corrected chi connectivity index (χ0v) is 23.2. The number of benzene rings is 2. The third-order valence-electron chi connectivity index (χ3n) is 7.41. The molecule has 11 nitrogen and oxygen atoms in total. The summed E-state index contributed by atoms with van der Waals surface area (Å²) in [7, 11) is 1.87. The minimum atomic E-state index is -0.304. The fourth-order valence-corrected chi connectivity index (χ4v) is 5.47. The smallest absolute Gasteiger partial charge is 0.320 e. The number of aromatic nitrogens is 6. The SMILES string of the molecule is Cc1nnc(CO[C@@H]2C[C@@H](NC(=O)Nc3c(C)c(-c4cnn(C)c4)nn3-c3ccccc3)[C@H](c3ccccc3)C2)o1. The average Bonchev–Trinajstić information content (AvgIpc) is 3.77. The normalized spacial score (nSPS) is 18.5. The van der Waals surface area contributed by atoms with Crippen LogP contribution in [0.5, 0.6) is 0 Å². The summed E-state index contributed by atoms with van der Waals surface area (Å²) in [5.41, 5.74) is 4.47. The Morgan fingerprint density at radius 1 is 1.05 bits per heavy atom. The van der Waals surface area contributed by atoms with Crippen molar-refractivity contribution in [2.75, 3.05) is 5.32 Å². The number of amides is 2. The van der Waals surface area contributed by atoms with Gasteiger partial charge in [-0.05, 0) is 37.5 Å². The van der Waals surface area contributed by atoms with Gasteiger partial charge in [0.2, 0.25) is 11.8 Å². The van der Waals surface area contributed by atoms with Crippen LogP contribution in [-0.2, 0) is 18.4 Å². The van der Waals surface area contributed by atoms with E-state index < -0.39 is 0 Å². The zero-order chi connectivity index (χ0) is 28.3. The van der Waals surface area contributed by atoms with Crippen molar-refractivity contribution in [3.63, 3.8) is 0 Å². The largest absolute Gasteiger partial charge is 0.423 e. The van der Waals surface area contributed by atoms with E-state index in [-0.39, 0.29) is 30.7 Å². The number of hydrogen-bond donors (Lipinski definition) is 2. The molecule has 0 bridgehead atoms. The molecule has 11 heteroatoms. The van der Waals surface area contributed by atoms with Gasteiger partial charge in [-0.2, -0.15) is 10.2 Å². The summed E-state index contributed by atoms with van der Waals surface area (Å²) in [5, 5.41) is 23.4. The van der Waals surface area contributed by atoms with E-state index in [0.29, 0.717) is 24.0 Å². The van der Waals surface area contributed by atoms with E-state index in [1.54, 1.807) is 22.5 Å². The van der Waals surface area contributed by atoms with Crippen LogP contribution < -0.4 is 10.6 Å². The number of para-hydroxylation sites is 1. The minimum absolute atomic E-state index is 0.0773. The van der Waals surface area contributed by atoms with E-state index in [1.165, 1.54) is 0 Å². The van der Waals surface area contributed by atoms with Gasteiger partial charge in [-0.3, -0.25) is 10.00 Å². The Bertz CT molecular complexity index is 1630. The molecule has 0 saturated heterocycles. The number of anilines is 1. The first-order valence-corrected chi connectivity index (χ1v) is 13.6. The number of aryl methyl sites for hydroxylation is 2. The number of nitrogens with zero attached hydrogens (tertiary/aromatic N) is 6. The van der Waals surface area contributed by atoms with E-state index in [2.05, 4.69) is 38.1 Å². The minimum Gasteiger partial charge on any atom is -0.423 e. The van der Waals surface area contributed by atoms with E-state index in [1.807, 2.05) is 68.7 Å². The fraction of sp³-hybridized carbons (Fsp3) is 0.300. The van der Waals surface area contributed by atoms with Gasteiger partial charge in [0.25, 0.3) is 0 Å². The summed E-state index contributed by atoms with van der Waals surface area (Å²) in [6.07, 6.45) is 5.01. The number of hydrogen-bond acceptors (Lipinski definition) is 7. The summed E-state index contributed by atoms with van der Waals surface area (Å²) >= 11 is 0. The molecule has 3 heterocycles. The van der Waals surface area contributed by atoms with Crippen molar-refractivity contribution in [2.24, 2.45) is 7.05 Å². The number of urea groups is 1. The molecule has 0 unspecified atom stereocenters. The molecular formula is C30H32N8O3. The number of ether oxygens (including phenoxy) is 1. The molecule has 0 aliphatic heterocycles. The molecule has 0 radical (unpaired) electrons. The van der Waals surface area contributed by atoms with E-state index in [9.17, 15) is 4.79 Å². The van der Waals surface area contributed by atoms with Crippen LogP contribution in [0.3, 0.4) is 0 Å². The molecule has 2 N–H and O–H groups in total. The monoisotopic (exact) mass is 552 g/mol. The van der Waals surface area contributed by atoms with Gasteiger partial charge in [0.1, 0.15) is 18.1 Å². The molecule has 2 amide bonds. The Balaban J connectivity index is 1.23. The van der Waals surface area contributed by atoms with Crippen molar-refractivity contribution >= 4 is 11.8 Å². The van der Waals surface area contributed by atoms with Gasteiger partial charge in [0.15, 0.2) is 0 Å². The maximum atomic E-state index is 13.6. The lowest BCUT2D eigenvalue weighted by Crippen LogP contribution is -2.40. The van der Waals surface area contributed by atoms with Gasteiger partial charge in [0, 0.05) is 43.3 Å². The van der Waals surface area contributed by atoms with Crippen molar-refractivity contribution in [1.82, 2.24) is 35.1 Å². The average molecular weight is 553 g/mol. The molecule has 1 aliphatic carbocycles. The van der Waals surface area contributed by atoms with Crippen molar-refractivity contribution in [3.05, 3.63) is 96.0 Å². The Hall–Kier alpha value is -4.77. The van der Waals surface area contributed by atoms with Crippen molar-refractivity contribution in [3.8, 4) is 16.9 Å². The topological polar surface area (TPSA) is 125 Å². The Kier molecular flexibility index (Phi) is 7.34. The van der Waals surface area contributed by atoms with Crippen molar-refractivity contribution in [2.45, 2.75) is 51.4 Å². The zero-order valence-electron chi connectivity index (χ0n) is 23.2. The summed E-state index contributed by atoms with van der Waals surface area (Å²) in [4.78, 5) is 13.6. The summed E-state index contributed by atoms with van der Waals surface area (Å²) in [6, 6.07) is 19.5. The first kappa shape index (κ1) is 26.5. The van der Waals surface area contributed by atoms with Crippen molar-refractivity contribution < 1.29 is 13.9 Å². The van der Waals surface area contributed by atoms with Gasteiger partial charge < -0.3 is 14.5 Å². The first-order valence-electron chi connectivity index (χ1n) is 13.6. The van der Waals surface area contributed by atoms with Gasteiger partial charge in [-0.15, -0.1) is 10.2 Å². The Morgan fingerprint density at radius 2 is 1.80 bits per heavy atom. The lowest BCUT2D eigenvalue weighted by Gasteiger charge is -2.21. The second-order valence-corrected chi connectivity index (χ2v) is 10.3. The second-order valence-electron chi connectivity index (χ2n) is 10.3. The quantitative estimate of drug-likeness (QED) is 0.280. The third kappa shape index (κ3) is 5.75. The highest BCUT2D eigenvalue weighted by Crippen LogP contribution is 2.37. The fourth-order valence-electron chi connectivity index (χ4n) is 5.47. The van der Waals surface area contributed by atoms with Crippen LogP contribution in [0, 0.1) is 13.8 Å². The van der Waals surface area contributed by atoms with Crippen LogP contribution in [0.1, 0.15) is 41.7 Å². The van der Waals surface area contributed by atoms with E-state index >= 15 is 0 Å². The molecule has 6 rings (SSSR count). The number of rotatable bonds is 8. The molecule has 3 aromatic heterocycles. The molecule has 1 aliphatic rings. The van der Waals surface area contributed by atoms with Crippen LogP contribution in [0.4, 0.5) is 10.6 Å². The van der Waals surface area contributed by atoms with Crippen LogP contribution in [0.25, 0.3) is 16.9 Å². The van der Waals surface area contributed by atoms with Gasteiger partial charge >= 0.3 is 6.03 Å². The molecule has 2 aromatic carbocycles. The maximum absolute atomic E-state index is 13.6. The van der Waals surface area contributed by atoms with Gasteiger partial charge in [-0.25, -0.2) is 9.48 Å². The van der Waals surface area contributed by atoms with E-state index in [4.69, 9.17) is 14.3 Å². The highest BCUT2D eigenvalue weighted by molar-refractivity contribution is 5.91. The number of carbonyl (C=O) groups is 1. The second kappa shape index (κ2) is 11.4. The Morgan fingerprint density at radius 3 is 2.49 bits per heavy atom. The number of nitrogens with one attached hydrogen (secondary N) is 2. The summed E-state index contributed by atoms with van der Waals surface area (Å²) in [6.45, 7) is 3.94. The molecule has 1 saturated carbocycles. The van der Waals surface area contributed by atoms with Crippen LogP contribution in [0.2, 0.25) is 0 Å². The third-order valence-corrected chi connectivity index (χ3v) is 7.41. The molecule has 1 fully saturated rings. The van der Waals surface area contributed by atoms with Crippen molar-refractivity contribution in [1.29, 1.82) is 0 Å². The highest BCUT2D eigenvalue weighted by atomic mass is 16.5. The van der Waals surface area contributed by atoms with Gasteiger partial charge in [0.05, 0.1) is 18.0 Å². The molecular weight excluding hydrogens is 520 g/mol. The number of carbonyl (C=O) groups excluding carboxylic acids is 1. The van der Waals surface area contributed by atoms with Crippen LogP contribution >= 0.6 is 0 Å². The lowest BCUT2D eigenvalue weighted by atomic mass is 9.94. The Labute approximate surface area is 237 Å². The maximum Gasteiger partial charge on any atom is 0.320 e. The van der Waals surface area contributed by atoms with Crippen LogP contribution in [0.15, 0.2) is 77.5 Å². The molecule has 3 atom stereocenters. The molecule has 0 spiro atoms. The standard InChI is InChI=1S/C30H32N8O3/c1-19-28(22-16-31-37(3)17-22)36-38(23-12-8-5-9-13-23)29(19)33-30(39)32-26-15-24(40-18-27-35-34-20(2)41-27)14-25(26)21-10-6-4-7-11-21/h4-13,16-17,24-26H,14-15,18H2,1-3H3,(H2,32,33,39)/t24-,25-,26+/m0/s1. The predicted molar refractivity (Wildman–Crippen MR) is 152 cm³/mol. The summed E-state index contributed by atoms with van der Waals surface area (Å²) < 4.78 is 15.1. The molecule has 41 heavy (non-hydrogen) atoms. The predicted octanol–water partition coefficient (Wildman–Crippen LogP) is 4.93. The highest BCUT2D eigenvalue weighted by Gasteiger charge is 2.37.